The standard InChI is InChI=1S/C23H26N4O6/c1-13(32-2)22(18(29)12-28)24-20(30)11-27-17-6-4-3-5-14-9-15-7-8-21(31)33-19(15)10-16(14)23(17)25-26-27/h7-10,13,28-29H,3-6,11-12H2,1-2H3,(H,24,30)/b22-18+/t13-/m0/s1. The van der Waals surface area contributed by atoms with E-state index in [9.17, 15) is 19.8 Å². The predicted molar refractivity (Wildman–Crippen MR) is 119 cm³/mol. The number of methoxy groups -OCH3 is 1. The maximum absolute atomic E-state index is 12.7. The van der Waals surface area contributed by atoms with Crippen LogP contribution in [0.5, 0.6) is 0 Å². The van der Waals surface area contributed by atoms with Crippen LogP contribution in [0.4, 0.5) is 0 Å². The molecule has 0 aliphatic heterocycles. The molecule has 1 atom stereocenters. The maximum Gasteiger partial charge on any atom is 0.336 e. The molecule has 3 N–H and O–H groups in total. The number of carbonyl (C=O) groups is 1. The molecule has 1 aliphatic rings. The second kappa shape index (κ2) is 9.55. The van der Waals surface area contributed by atoms with E-state index in [0.717, 1.165) is 41.5 Å². The van der Waals surface area contributed by atoms with E-state index >= 15 is 0 Å². The summed E-state index contributed by atoms with van der Waals surface area (Å²) in [6.45, 7) is 0.897. The SMILES string of the molecule is CO[C@@H](C)/C(NC(=O)Cn1nnc2c1CCCCc1cc3ccc(=O)oc3cc1-2)=C(\O)CO. The molecule has 0 spiro atoms. The molecule has 1 amide bonds. The van der Waals surface area contributed by atoms with Crippen LogP contribution >= 0.6 is 0 Å². The molecule has 0 bridgehead atoms. The van der Waals surface area contributed by atoms with Crippen LogP contribution in [-0.4, -0.2) is 50.9 Å². The Hall–Kier alpha value is -3.50. The summed E-state index contributed by atoms with van der Waals surface area (Å²) in [4.78, 5) is 24.4. The van der Waals surface area contributed by atoms with E-state index in [1.807, 2.05) is 12.1 Å². The molecule has 2 aromatic heterocycles. The molecule has 0 fully saturated rings. The number of nitrogens with zero attached hydrogens (tertiary/aromatic N) is 3. The number of aliphatic hydroxyl groups is 2. The van der Waals surface area contributed by atoms with Crippen molar-refractivity contribution in [3.8, 4) is 11.3 Å². The molecule has 0 saturated heterocycles. The van der Waals surface area contributed by atoms with Crippen LogP contribution in [0.3, 0.4) is 0 Å². The molecule has 10 heteroatoms. The summed E-state index contributed by atoms with van der Waals surface area (Å²) in [6.07, 6.45) is 2.79. The van der Waals surface area contributed by atoms with E-state index in [1.165, 1.54) is 17.9 Å². The molecule has 1 aliphatic carbocycles. The molecule has 0 saturated carbocycles. The zero-order chi connectivity index (χ0) is 23.5. The first kappa shape index (κ1) is 22.7. The van der Waals surface area contributed by atoms with Gasteiger partial charge in [-0.2, -0.15) is 0 Å². The highest BCUT2D eigenvalue weighted by Gasteiger charge is 2.23. The molecule has 3 aromatic rings. The van der Waals surface area contributed by atoms with Crippen LogP contribution in [0.15, 0.2) is 44.9 Å². The fourth-order valence-electron chi connectivity index (χ4n) is 4.05. The molecule has 1 aromatic carbocycles. The van der Waals surface area contributed by atoms with Crippen LogP contribution < -0.4 is 10.9 Å². The number of rotatable bonds is 6. The lowest BCUT2D eigenvalue weighted by Crippen LogP contribution is -2.34. The second-order valence-corrected chi connectivity index (χ2v) is 8.00. The van der Waals surface area contributed by atoms with Gasteiger partial charge in [0.15, 0.2) is 0 Å². The van der Waals surface area contributed by atoms with Gasteiger partial charge in [0.1, 0.15) is 30.2 Å². The van der Waals surface area contributed by atoms with E-state index in [1.54, 1.807) is 13.0 Å². The summed E-state index contributed by atoms with van der Waals surface area (Å²) in [7, 11) is 1.44. The van der Waals surface area contributed by atoms with E-state index < -0.39 is 24.2 Å². The van der Waals surface area contributed by atoms with Crippen molar-refractivity contribution in [1.29, 1.82) is 0 Å². The lowest BCUT2D eigenvalue weighted by molar-refractivity contribution is -0.121. The van der Waals surface area contributed by atoms with Crippen LogP contribution in [-0.2, 0) is 28.9 Å². The third-order valence-corrected chi connectivity index (χ3v) is 5.84. The highest BCUT2D eigenvalue weighted by Crippen LogP contribution is 2.33. The average molecular weight is 454 g/mol. The first-order chi connectivity index (χ1) is 15.9. The van der Waals surface area contributed by atoms with Gasteiger partial charge in [-0.1, -0.05) is 5.21 Å². The largest absolute Gasteiger partial charge is 0.508 e. The Labute approximate surface area is 189 Å². The molecule has 10 nitrogen and oxygen atoms in total. The van der Waals surface area contributed by atoms with Gasteiger partial charge in [0.05, 0.1) is 17.5 Å². The number of nitrogens with one attached hydrogen (secondary N) is 1. The number of aromatic nitrogens is 3. The Morgan fingerprint density at radius 1 is 1.30 bits per heavy atom. The molecule has 33 heavy (non-hydrogen) atoms. The number of carbonyl (C=O) groups excluding carboxylic acids is 1. The number of ether oxygens (including phenoxy) is 1. The zero-order valence-corrected chi connectivity index (χ0v) is 18.5. The first-order valence-corrected chi connectivity index (χ1v) is 10.8. The maximum atomic E-state index is 12.7. The molecule has 174 valence electrons. The van der Waals surface area contributed by atoms with Gasteiger partial charge in [0.2, 0.25) is 5.91 Å². The van der Waals surface area contributed by atoms with Gasteiger partial charge < -0.3 is 24.7 Å². The van der Waals surface area contributed by atoms with Crippen molar-refractivity contribution in [3.63, 3.8) is 0 Å². The minimum Gasteiger partial charge on any atom is -0.508 e. The first-order valence-electron chi connectivity index (χ1n) is 10.8. The van der Waals surface area contributed by atoms with Crippen molar-refractivity contribution < 1.29 is 24.2 Å². The molecule has 4 rings (SSSR count). The smallest absolute Gasteiger partial charge is 0.336 e. The van der Waals surface area contributed by atoms with Gasteiger partial charge in [-0.15, -0.1) is 5.10 Å². The van der Waals surface area contributed by atoms with E-state index in [2.05, 4.69) is 15.6 Å². The fraction of sp³-hybridized carbons (Fsp3) is 0.391. The lowest BCUT2D eigenvalue weighted by Gasteiger charge is -2.18. The van der Waals surface area contributed by atoms with Crippen molar-refractivity contribution in [2.75, 3.05) is 13.7 Å². The van der Waals surface area contributed by atoms with Gasteiger partial charge >= 0.3 is 5.63 Å². The summed E-state index contributed by atoms with van der Waals surface area (Å²) in [5.74, 6) is -0.803. The van der Waals surface area contributed by atoms with Crippen LogP contribution in [0.1, 0.15) is 31.0 Å². The summed E-state index contributed by atoms with van der Waals surface area (Å²) >= 11 is 0. The molecule has 2 heterocycles. The van der Waals surface area contributed by atoms with Crippen molar-refractivity contribution in [1.82, 2.24) is 20.3 Å². The topological polar surface area (TPSA) is 140 Å². The van der Waals surface area contributed by atoms with Gasteiger partial charge in [0, 0.05) is 24.1 Å². The van der Waals surface area contributed by atoms with Crippen molar-refractivity contribution in [2.45, 2.75) is 45.3 Å². The molecular formula is C23H26N4O6. The number of amides is 1. The summed E-state index contributed by atoms with van der Waals surface area (Å²) in [5.41, 5.74) is 3.54. The Morgan fingerprint density at radius 3 is 2.85 bits per heavy atom. The van der Waals surface area contributed by atoms with Crippen LogP contribution in [0, 0.1) is 0 Å². The number of benzene rings is 1. The van der Waals surface area contributed by atoms with Gasteiger partial charge in [0.25, 0.3) is 0 Å². The number of fused-ring (bicyclic) bond motifs is 4. The third kappa shape index (κ3) is 4.67. The van der Waals surface area contributed by atoms with Gasteiger partial charge in [-0.3, -0.25) is 4.79 Å². The quantitative estimate of drug-likeness (QED) is 0.379. The fourth-order valence-corrected chi connectivity index (χ4v) is 4.05. The number of aryl methyl sites for hydroxylation is 1. The number of aliphatic hydroxyl groups excluding tert-OH is 2. The van der Waals surface area contributed by atoms with Crippen LogP contribution in [0.25, 0.3) is 22.2 Å². The Kier molecular flexibility index (Phi) is 6.57. The Bertz CT molecular complexity index is 1280. The molecular weight excluding hydrogens is 428 g/mol. The van der Waals surface area contributed by atoms with Crippen molar-refractivity contribution >= 4 is 16.9 Å². The van der Waals surface area contributed by atoms with Gasteiger partial charge in [-0.05, 0) is 56.4 Å². The lowest BCUT2D eigenvalue weighted by atomic mass is 9.92. The van der Waals surface area contributed by atoms with Crippen molar-refractivity contribution in [2.24, 2.45) is 0 Å². The minimum atomic E-state index is -0.622. The minimum absolute atomic E-state index is 0.0971. The van der Waals surface area contributed by atoms with E-state index in [-0.39, 0.29) is 18.0 Å². The van der Waals surface area contributed by atoms with Gasteiger partial charge in [-0.25, -0.2) is 9.48 Å². The van der Waals surface area contributed by atoms with Crippen molar-refractivity contribution in [3.05, 3.63) is 57.4 Å². The Morgan fingerprint density at radius 2 is 2.09 bits per heavy atom. The predicted octanol–water partition coefficient (Wildman–Crippen LogP) is 1.84. The monoisotopic (exact) mass is 454 g/mol. The van der Waals surface area contributed by atoms with E-state index in [4.69, 9.17) is 9.15 Å². The zero-order valence-electron chi connectivity index (χ0n) is 18.5. The van der Waals surface area contributed by atoms with Crippen LogP contribution in [0.2, 0.25) is 0 Å². The third-order valence-electron chi connectivity index (χ3n) is 5.84. The molecule has 0 unspecified atom stereocenters. The number of hydrogen-bond acceptors (Lipinski definition) is 8. The summed E-state index contributed by atoms with van der Waals surface area (Å²) < 4.78 is 12.1. The average Bonchev–Trinajstić information content (AvgIpc) is 3.18. The Balaban J connectivity index is 1.68. The highest BCUT2D eigenvalue weighted by atomic mass is 16.5. The normalized spacial score (nSPS) is 15.1. The summed E-state index contributed by atoms with van der Waals surface area (Å²) in [6, 6.07) is 6.97. The second-order valence-electron chi connectivity index (χ2n) is 8.00. The molecule has 0 radical (unpaired) electrons. The summed E-state index contributed by atoms with van der Waals surface area (Å²) in [5, 5.41) is 31.2. The highest BCUT2D eigenvalue weighted by molar-refractivity contribution is 5.85. The van der Waals surface area contributed by atoms with E-state index in [0.29, 0.717) is 17.7 Å². The number of hydrogen-bond donors (Lipinski definition) is 3.